The maximum absolute atomic E-state index is 12.0. The molecular weight excluding hydrogens is 422 g/mol. The quantitative estimate of drug-likeness (QED) is 0.456. The van der Waals surface area contributed by atoms with Gasteiger partial charge in [-0.05, 0) is 24.3 Å². The summed E-state index contributed by atoms with van der Waals surface area (Å²) < 4.78 is 6.32. The summed E-state index contributed by atoms with van der Waals surface area (Å²) in [6.45, 7) is -0.145. The fraction of sp³-hybridized carbons (Fsp3) is 0.0588. The molecule has 0 unspecified atom stereocenters. The molecule has 1 N–H and O–H groups in total. The van der Waals surface area contributed by atoms with Crippen molar-refractivity contribution in [1.82, 2.24) is 4.98 Å². The van der Waals surface area contributed by atoms with Crippen LogP contribution in [0.3, 0.4) is 0 Å². The van der Waals surface area contributed by atoms with Crippen LogP contribution in [-0.2, 0) is 4.79 Å². The molecule has 2 aromatic carbocycles. The molecule has 0 aliphatic rings. The van der Waals surface area contributed by atoms with Crippen molar-refractivity contribution in [1.29, 1.82) is 0 Å². The molecule has 0 aliphatic heterocycles. The van der Waals surface area contributed by atoms with Gasteiger partial charge in [0.1, 0.15) is 5.75 Å². The summed E-state index contributed by atoms with van der Waals surface area (Å²) in [5.74, 6) is 0.243. The normalized spacial score (nSPS) is 10.3. The summed E-state index contributed by atoms with van der Waals surface area (Å²) in [7, 11) is 0. The largest absolute Gasteiger partial charge is 0.484 e. The predicted octanol–water partition coefficient (Wildman–Crippen LogP) is 4.50. The van der Waals surface area contributed by atoms with Crippen molar-refractivity contribution in [2.75, 3.05) is 11.9 Å². The Labute approximate surface area is 160 Å². The highest BCUT2D eigenvalue weighted by atomic mass is 79.9. The van der Waals surface area contributed by atoms with E-state index in [-0.39, 0.29) is 18.2 Å². The average Bonchev–Trinajstić information content (AvgIpc) is 3.10. The van der Waals surface area contributed by atoms with Crippen molar-refractivity contribution in [2.24, 2.45) is 0 Å². The number of carbonyl (C=O) groups excluding carboxylic acids is 1. The van der Waals surface area contributed by atoms with Gasteiger partial charge in [-0.3, -0.25) is 20.2 Å². The summed E-state index contributed by atoms with van der Waals surface area (Å²) >= 11 is 4.56. The Morgan fingerprint density at radius 1 is 1.27 bits per heavy atom. The number of thiazole rings is 1. The van der Waals surface area contributed by atoms with Crippen LogP contribution in [0.2, 0.25) is 0 Å². The van der Waals surface area contributed by atoms with Crippen molar-refractivity contribution < 1.29 is 14.5 Å². The van der Waals surface area contributed by atoms with Crippen LogP contribution in [0.15, 0.2) is 58.4 Å². The topological polar surface area (TPSA) is 94.4 Å². The van der Waals surface area contributed by atoms with Gasteiger partial charge in [0.15, 0.2) is 11.7 Å². The van der Waals surface area contributed by atoms with Crippen molar-refractivity contribution in [3.05, 3.63) is 68.5 Å². The molecule has 9 heteroatoms. The molecule has 0 saturated heterocycles. The number of amides is 1. The van der Waals surface area contributed by atoms with Gasteiger partial charge >= 0.3 is 0 Å². The Morgan fingerprint density at radius 3 is 2.77 bits per heavy atom. The monoisotopic (exact) mass is 433 g/mol. The van der Waals surface area contributed by atoms with Gasteiger partial charge in [-0.1, -0.05) is 28.1 Å². The number of nitro benzene ring substituents is 1. The number of anilines is 1. The van der Waals surface area contributed by atoms with Crippen LogP contribution >= 0.6 is 27.3 Å². The first kappa shape index (κ1) is 18.0. The van der Waals surface area contributed by atoms with E-state index >= 15 is 0 Å². The number of nitro groups is 1. The number of nitrogens with one attached hydrogen (secondary N) is 1. The summed E-state index contributed by atoms with van der Waals surface area (Å²) in [6, 6.07) is 13.3. The molecule has 0 fully saturated rings. The second-order valence-electron chi connectivity index (χ2n) is 5.14. The molecule has 1 aromatic heterocycles. The van der Waals surface area contributed by atoms with Gasteiger partial charge in [0.05, 0.1) is 10.6 Å². The highest BCUT2D eigenvalue weighted by Crippen LogP contribution is 2.27. The van der Waals surface area contributed by atoms with E-state index < -0.39 is 4.92 Å². The maximum Gasteiger partial charge on any atom is 0.270 e. The molecule has 1 amide bonds. The predicted molar refractivity (Wildman–Crippen MR) is 102 cm³/mol. The molecule has 1 heterocycles. The molecule has 0 aliphatic carbocycles. The molecule has 0 atom stereocenters. The standard InChI is InChI=1S/C17H12BrN3O4S/c18-12-4-6-14(7-5-12)25-9-16(22)20-17-19-15(10-26-17)11-2-1-3-13(8-11)21(23)24/h1-8,10H,9H2,(H,19,20,22). The lowest BCUT2D eigenvalue weighted by Gasteiger charge is -2.05. The zero-order valence-electron chi connectivity index (χ0n) is 13.2. The van der Waals surface area contributed by atoms with E-state index in [1.165, 1.54) is 23.5 Å². The highest BCUT2D eigenvalue weighted by Gasteiger charge is 2.11. The van der Waals surface area contributed by atoms with Gasteiger partial charge < -0.3 is 4.74 Å². The van der Waals surface area contributed by atoms with Gasteiger partial charge in [-0.25, -0.2) is 4.98 Å². The Kier molecular flexibility index (Phi) is 5.59. The molecule has 3 rings (SSSR count). The number of halogens is 1. The number of benzene rings is 2. The fourth-order valence-electron chi connectivity index (χ4n) is 2.08. The maximum atomic E-state index is 12.0. The summed E-state index contributed by atoms with van der Waals surface area (Å²) in [4.78, 5) is 26.7. The number of hydrogen-bond donors (Lipinski definition) is 1. The van der Waals surface area contributed by atoms with Crippen LogP contribution in [0.1, 0.15) is 0 Å². The van der Waals surface area contributed by atoms with E-state index in [4.69, 9.17) is 4.74 Å². The summed E-state index contributed by atoms with van der Waals surface area (Å²) in [6.07, 6.45) is 0. The Hall–Kier alpha value is -2.78. The van der Waals surface area contributed by atoms with E-state index in [1.807, 2.05) is 12.1 Å². The van der Waals surface area contributed by atoms with Gasteiger partial charge in [0.25, 0.3) is 11.6 Å². The van der Waals surface area contributed by atoms with Crippen LogP contribution in [-0.4, -0.2) is 22.4 Å². The van der Waals surface area contributed by atoms with Crippen LogP contribution in [0.4, 0.5) is 10.8 Å². The highest BCUT2D eigenvalue weighted by molar-refractivity contribution is 9.10. The molecule has 0 bridgehead atoms. The Morgan fingerprint density at radius 2 is 2.04 bits per heavy atom. The minimum absolute atomic E-state index is 0.0102. The van der Waals surface area contributed by atoms with E-state index in [0.717, 1.165) is 4.47 Å². The van der Waals surface area contributed by atoms with Crippen LogP contribution in [0.25, 0.3) is 11.3 Å². The second kappa shape index (κ2) is 8.07. The number of hydrogen-bond acceptors (Lipinski definition) is 6. The molecule has 26 heavy (non-hydrogen) atoms. The SMILES string of the molecule is O=C(COc1ccc(Br)cc1)Nc1nc(-c2cccc([N+](=O)[O-])c2)cs1. The number of ether oxygens (including phenoxy) is 1. The molecule has 132 valence electrons. The van der Waals surface area contributed by atoms with Crippen molar-refractivity contribution >= 4 is 44.0 Å². The number of non-ortho nitro benzene ring substituents is 1. The first-order chi connectivity index (χ1) is 12.5. The molecular formula is C17H12BrN3O4S. The van der Waals surface area contributed by atoms with Crippen molar-refractivity contribution in [3.8, 4) is 17.0 Å². The van der Waals surface area contributed by atoms with Crippen LogP contribution in [0.5, 0.6) is 5.75 Å². The molecule has 0 spiro atoms. The lowest BCUT2D eigenvalue weighted by molar-refractivity contribution is -0.384. The zero-order valence-corrected chi connectivity index (χ0v) is 15.6. The molecule has 0 radical (unpaired) electrons. The third-order valence-electron chi connectivity index (χ3n) is 3.29. The number of aromatic nitrogens is 1. The summed E-state index contributed by atoms with van der Waals surface area (Å²) in [5, 5.41) is 15.6. The minimum atomic E-state index is -0.460. The second-order valence-corrected chi connectivity index (χ2v) is 6.91. The van der Waals surface area contributed by atoms with E-state index in [2.05, 4.69) is 26.2 Å². The number of nitrogens with zero attached hydrogens (tertiary/aromatic N) is 2. The van der Waals surface area contributed by atoms with Crippen molar-refractivity contribution in [3.63, 3.8) is 0 Å². The third kappa shape index (κ3) is 4.64. The van der Waals surface area contributed by atoms with Gasteiger partial charge in [0.2, 0.25) is 0 Å². The fourth-order valence-corrected chi connectivity index (χ4v) is 3.08. The molecule has 7 nitrogen and oxygen atoms in total. The van der Waals surface area contributed by atoms with Gasteiger partial charge in [0, 0.05) is 27.5 Å². The molecule has 3 aromatic rings. The van der Waals surface area contributed by atoms with E-state index in [0.29, 0.717) is 22.1 Å². The smallest absolute Gasteiger partial charge is 0.270 e. The van der Waals surface area contributed by atoms with Crippen molar-refractivity contribution in [2.45, 2.75) is 0 Å². The first-order valence-electron chi connectivity index (χ1n) is 7.40. The Balaban J connectivity index is 1.61. The van der Waals surface area contributed by atoms with Gasteiger partial charge in [-0.2, -0.15) is 0 Å². The minimum Gasteiger partial charge on any atom is -0.484 e. The van der Waals surface area contributed by atoms with Gasteiger partial charge in [-0.15, -0.1) is 11.3 Å². The Bertz CT molecular complexity index is 943. The lowest BCUT2D eigenvalue weighted by Crippen LogP contribution is -2.20. The van der Waals surface area contributed by atoms with Crippen LogP contribution < -0.4 is 10.1 Å². The van der Waals surface area contributed by atoms with E-state index in [1.54, 1.807) is 29.6 Å². The zero-order chi connectivity index (χ0) is 18.5. The third-order valence-corrected chi connectivity index (χ3v) is 4.57. The lowest BCUT2D eigenvalue weighted by atomic mass is 10.1. The first-order valence-corrected chi connectivity index (χ1v) is 9.07. The van der Waals surface area contributed by atoms with E-state index in [9.17, 15) is 14.9 Å². The summed E-state index contributed by atoms with van der Waals surface area (Å²) in [5.41, 5.74) is 1.16. The molecule has 0 saturated carbocycles. The average molecular weight is 434 g/mol. The number of rotatable bonds is 6. The van der Waals surface area contributed by atoms with Crippen LogP contribution in [0, 0.1) is 10.1 Å². The number of carbonyl (C=O) groups is 1.